The van der Waals surface area contributed by atoms with E-state index in [-0.39, 0.29) is 41.8 Å². The monoisotopic (exact) mass is 533 g/mol. The second-order valence-electron chi connectivity index (χ2n) is 10.8. The summed E-state index contributed by atoms with van der Waals surface area (Å²) in [6.45, 7) is 4.44. The number of halogens is 1. The Labute approximate surface area is 228 Å². The van der Waals surface area contributed by atoms with Gasteiger partial charge in [-0.1, -0.05) is 43.3 Å². The van der Waals surface area contributed by atoms with E-state index < -0.39 is 24.2 Å². The molecule has 3 amide bonds. The zero-order valence-corrected chi connectivity index (χ0v) is 22.5. The maximum Gasteiger partial charge on any atom is 0.243 e. The minimum Gasteiger partial charge on any atom is -0.345 e. The fourth-order valence-electron chi connectivity index (χ4n) is 5.71. The van der Waals surface area contributed by atoms with E-state index in [2.05, 4.69) is 27.5 Å². The predicted octanol–water partition coefficient (Wildman–Crippen LogP) is 3.61. The first-order valence-electron chi connectivity index (χ1n) is 14.0. The first-order chi connectivity index (χ1) is 18.9. The first kappa shape index (κ1) is 27.0. The van der Waals surface area contributed by atoms with Crippen LogP contribution in [0.4, 0.5) is 4.39 Å². The van der Waals surface area contributed by atoms with E-state index in [0.29, 0.717) is 24.5 Å². The normalized spacial score (nSPS) is 26.9. The number of nitrogens with one attached hydrogen (secondary N) is 2. The van der Waals surface area contributed by atoms with Gasteiger partial charge in [-0.25, -0.2) is 14.4 Å². The zero-order chi connectivity index (χ0) is 27.5. The molecule has 206 valence electrons. The highest BCUT2D eigenvalue weighted by Gasteiger charge is 2.45. The van der Waals surface area contributed by atoms with Gasteiger partial charge in [0.05, 0.1) is 18.2 Å². The number of alkyl halides is 1. The number of piperidine rings is 1. The lowest BCUT2D eigenvalue weighted by molar-refractivity contribution is -0.139. The van der Waals surface area contributed by atoms with Crippen molar-refractivity contribution in [3.05, 3.63) is 59.8 Å². The molecule has 1 aromatic rings. The molecule has 1 unspecified atom stereocenters. The summed E-state index contributed by atoms with van der Waals surface area (Å²) in [4.78, 5) is 50.6. The summed E-state index contributed by atoms with van der Waals surface area (Å²) in [5.41, 5.74) is 1.76. The third kappa shape index (κ3) is 6.02. The Morgan fingerprint density at radius 3 is 2.67 bits per heavy atom. The molecule has 0 aromatic heterocycles. The number of nitrogens with zero attached hydrogens (tertiary/aromatic N) is 3. The van der Waals surface area contributed by atoms with Gasteiger partial charge >= 0.3 is 0 Å². The summed E-state index contributed by atoms with van der Waals surface area (Å²) in [6, 6.07) is 8.33. The Morgan fingerprint density at radius 1 is 1.13 bits per heavy atom. The molecule has 1 saturated heterocycles. The summed E-state index contributed by atoms with van der Waals surface area (Å²) in [6.07, 6.45) is 7.74. The fourth-order valence-corrected chi connectivity index (χ4v) is 5.71. The molecule has 6 atom stereocenters. The molecule has 8 nitrogen and oxygen atoms in total. The molecule has 39 heavy (non-hydrogen) atoms. The lowest BCUT2D eigenvalue weighted by Crippen LogP contribution is -2.54. The number of benzene rings is 1. The van der Waals surface area contributed by atoms with Gasteiger partial charge in [-0.05, 0) is 62.7 Å². The van der Waals surface area contributed by atoms with Gasteiger partial charge in [-0.2, -0.15) is 0 Å². The van der Waals surface area contributed by atoms with Crippen molar-refractivity contribution < 1.29 is 18.8 Å². The van der Waals surface area contributed by atoms with Crippen molar-refractivity contribution in [3.8, 4) is 0 Å². The lowest BCUT2D eigenvalue weighted by Gasteiger charge is -2.36. The number of amides is 3. The Kier molecular flexibility index (Phi) is 8.04. The third-order valence-electron chi connectivity index (χ3n) is 8.06. The molecule has 5 rings (SSSR count). The van der Waals surface area contributed by atoms with Gasteiger partial charge in [0, 0.05) is 18.5 Å². The number of hydrogen-bond donors (Lipinski definition) is 2. The van der Waals surface area contributed by atoms with Crippen molar-refractivity contribution in [3.63, 3.8) is 0 Å². The number of aliphatic imine (C=N–C) groups is 2. The molecule has 0 radical (unpaired) electrons. The smallest absolute Gasteiger partial charge is 0.243 e. The van der Waals surface area contributed by atoms with Crippen LogP contribution in [0.1, 0.15) is 63.9 Å². The second-order valence-corrected chi connectivity index (χ2v) is 10.8. The van der Waals surface area contributed by atoms with Crippen molar-refractivity contribution >= 4 is 29.3 Å². The highest BCUT2D eigenvalue weighted by atomic mass is 19.1. The maximum absolute atomic E-state index is 14.2. The van der Waals surface area contributed by atoms with Crippen LogP contribution in [-0.4, -0.2) is 65.0 Å². The number of fused-ring (bicyclic) bond motifs is 1. The number of hydrogen-bond acceptors (Lipinski definition) is 5. The molecule has 2 aliphatic carbocycles. The fraction of sp³-hybridized carbons (Fsp3) is 0.500. The molecule has 2 N–H and O–H groups in total. The summed E-state index contributed by atoms with van der Waals surface area (Å²) in [5, 5.41) is 5.73. The molecule has 0 bridgehead atoms. The average Bonchev–Trinajstić information content (AvgIpc) is 3.63. The highest BCUT2D eigenvalue weighted by Crippen LogP contribution is 2.47. The Bertz CT molecular complexity index is 1240. The van der Waals surface area contributed by atoms with Gasteiger partial charge in [0.1, 0.15) is 11.8 Å². The lowest BCUT2D eigenvalue weighted by atomic mass is 9.98. The number of rotatable bonds is 9. The largest absolute Gasteiger partial charge is 0.345 e. The summed E-state index contributed by atoms with van der Waals surface area (Å²) >= 11 is 0. The standard InChI is InChI=1S/C30H36FN5O3/c1-3-20-12-7-8-15-36(20)26(37)17-25(34-29(38)22-16-21(22)19-10-5-4-6-11-19)30(39)32-18(2)28-33-24-14-9-13-23(31)27(24)35-28/h4-6,9-11,13-14,18,20-23,25H,3,7-8,12,15-17H2,1-2H3,(H,32,39)(H,34,38)/t18-,20-,21+,22-,23?,25-/m0/s1. The third-order valence-corrected chi connectivity index (χ3v) is 8.06. The van der Waals surface area contributed by atoms with E-state index in [1.807, 2.05) is 35.2 Å². The average molecular weight is 534 g/mol. The van der Waals surface area contributed by atoms with Crippen LogP contribution in [0.15, 0.2) is 64.2 Å². The van der Waals surface area contributed by atoms with E-state index in [1.54, 1.807) is 19.1 Å². The maximum atomic E-state index is 14.2. The van der Waals surface area contributed by atoms with Crippen LogP contribution >= 0.6 is 0 Å². The molecule has 1 saturated carbocycles. The Balaban J connectivity index is 1.28. The van der Waals surface area contributed by atoms with Crippen LogP contribution in [0.2, 0.25) is 0 Å². The van der Waals surface area contributed by atoms with Crippen molar-refractivity contribution in [2.24, 2.45) is 15.9 Å². The van der Waals surface area contributed by atoms with Gasteiger partial charge < -0.3 is 15.5 Å². The summed E-state index contributed by atoms with van der Waals surface area (Å²) < 4.78 is 14.2. The number of carbonyl (C=O) groups excluding carboxylic acids is 3. The molecule has 4 aliphatic rings. The predicted molar refractivity (Wildman–Crippen MR) is 148 cm³/mol. The van der Waals surface area contributed by atoms with Crippen molar-refractivity contribution in [1.29, 1.82) is 0 Å². The number of amidine groups is 1. The topological polar surface area (TPSA) is 103 Å². The number of allylic oxidation sites excluding steroid dienone is 4. The molecule has 2 fully saturated rings. The number of likely N-dealkylation sites (tertiary alicyclic amines) is 1. The number of carbonyl (C=O) groups is 3. The van der Waals surface area contributed by atoms with Crippen LogP contribution in [0, 0.1) is 5.92 Å². The highest BCUT2D eigenvalue weighted by molar-refractivity contribution is 6.17. The Morgan fingerprint density at radius 2 is 1.92 bits per heavy atom. The van der Waals surface area contributed by atoms with Gasteiger partial charge in [-0.3, -0.25) is 14.4 Å². The van der Waals surface area contributed by atoms with E-state index in [9.17, 15) is 18.8 Å². The molecule has 2 aliphatic heterocycles. The van der Waals surface area contributed by atoms with Crippen molar-refractivity contribution in [1.82, 2.24) is 15.5 Å². The van der Waals surface area contributed by atoms with Gasteiger partial charge in [0.2, 0.25) is 17.7 Å². The van der Waals surface area contributed by atoms with Gasteiger partial charge in [0.25, 0.3) is 0 Å². The van der Waals surface area contributed by atoms with E-state index >= 15 is 0 Å². The zero-order valence-electron chi connectivity index (χ0n) is 22.5. The second kappa shape index (κ2) is 11.6. The van der Waals surface area contributed by atoms with Crippen molar-refractivity contribution in [2.45, 2.75) is 82.6 Å². The molecular formula is C30H36FN5O3. The molecule has 1 aromatic carbocycles. The minimum absolute atomic E-state index is 0.110. The van der Waals surface area contributed by atoms with Crippen LogP contribution in [0.5, 0.6) is 0 Å². The molecular weight excluding hydrogens is 497 g/mol. The molecule has 0 spiro atoms. The Hall–Kier alpha value is -3.62. The minimum atomic E-state index is -1.34. The van der Waals surface area contributed by atoms with Crippen LogP contribution in [0.3, 0.4) is 0 Å². The summed E-state index contributed by atoms with van der Waals surface area (Å²) in [7, 11) is 0. The van der Waals surface area contributed by atoms with Crippen LogP contribution in [-0.2, 0) is 14.4 Å². The van der Waals surface area contributed by atoms with Gasteiger partial charge in [-0.15, -0.1) is 0 Å². The van der Waals surface area contributed by atoms with E-state index in [0.717, 1.165) is 31.2 Å². The molecule has 9 heteroatoms. The van der Waals surface area contributed by atoms with Gasteiger partial charge in [0.15, 0.2) is 12.0 Å². The molecule has 2 heterocycles. The SMILES string of the molecule is CC[C@H]1CCCCN1C(=O)C[C@H](NC(=O)[C@H]1C[C@@H]1c1ccccc1)C(=O)N[C@@H](C)C1=NC2=CC=CC(F)C2=N1. The van der Waals surface area contributed by atoms with Crippen molar-refractivity contribution in [2.75, 3.05) is 6.54 Å². The quantitative estimate of drug-likeness (QED) is 0.507. The van der Waals surface area contributed by atoms with E-state index in [1.165, 1.54) is 6.08 Å². The first-order valence-corrected chi connectivity index (χ1v) is 14.0. The van der Waals surface area contributed by atoms with Crippen LogP contribution < -0.4 is 10.6 Å². The summed E-state index contributed by atoms with van der Waals surface area (Å²) in [5.74, 6) is -0.669. The van der Waals surface area contributed by atoms with E-state index in [4.69, 9.17) is 0 Å². The van der Waals surface area contributed by atoms with Crippen LogP contribution in [0.25, 0.3) is 0 Å².